The summed E-state index contributed by atoms with van der Waals surface area (Å²) in [7, 11) is -3.42. The summed E-state index contributed by atoms with van der Waals surface area (Å²) >= 11 is 0. The summed E-state index contributed by atoms with van der Waals surface area (Å²) in [6.07, 6.45) is 6.41. The molecule has 116 valence electrons. The Kier molecular flexibility index (Phi) is 3.61. The average Bonchev–Trinajstić information content (AvgIpc) is 2.94. The van der Waals surface area contributed by atoms with Crippen molar-refractivity contribution in [2.24, 2.45) is 5.73 Å². The third-order valence-electron chi connectivity index (χ3n) is 4.64. The Bertz CT molecular complexity index is 648. The number of hydrogen-bond acceptors (Lipinski definition) is 5. The second-order valence-corrected chi connectivity index (χ2v) is 7.95. The van der Waals surface area contributed by atoms with Gasteiger partial charge in [-0.2, -0.15) is 0 Å². The van der Waals surface area contributed by atoms with Gasteiger partial charge in [-0.3, -0.25) is 0 Å². The van der Waals surface area contributed by atoms with Crippen molar-refractivity contribution in [1.29, 1.82) is 0 Å². The molecule has 1 saturated carbocycles. The smallest absolute Gasteiger partial charge is 0.231 e. The van der Waals surface area contributed by atoms with Crippen LogP contribution in [0.2, 0.25) is 0 Å². The third-order valence-corrected chi connectivity index (χ3v) is 5.78. The fourth-order valence-electron chi connectivity index (χ4n) is 3.54. The van der Waals surface area contributed by atoms with Crippen LogP contribution < -0.4 is 15.2 Å². The molecule has 3 rings (SSSR count). The van der Waals surface area contributed by atoms with Crippen LogP contribution in [0.3, 0.4) is 0 Å². The highest BCUT2D eigenvalue weighted by atomic mass is 32.2. The van der Waals surface area contributed by atoms with Crippen molar-refractivity contribution in [1.82, 2.24) is 0 Å². The lowest BCUT2D eigenvalue weighted by Crippen LogP contribution is -2.38. The lowest BCUT2D eigenvalue weighted by Gasteiger charge is -2.38. The zero-order valence-corrected chi connectivity index (χ0v) is 13.0. The summed E-state index contributed by atoms with van der Waals surface area (Å²) in [5.74, 6) is 0.857. The van der Waals surface area contributed by atoms with Crippen LogP contribution >= 0.6 is 0 Å². The Hall–Kier alpha value is -1.27. The van der Waals surface area contributed by atoms with Crippen molar-refractivity contribution in [3.05, 3.63) is 17.7 Å². The van der Waals surface area contributed by atoms with Gasteiger partial charge in [0.2, 0.25) is 6.79 Å². The fraction of sp³-hybridized carbons (Fsp3) is 0.600. The highest BCUT2D eigenvalue weighted by Gasteiger charge is 2.39. The van der Waals surface area contributed by atoms with Gasteiger partial charge >= 0.3 is 0 Å². The maximum Gasteiger partial charge on any atom is 0.231 e. The molecule has 1 fully saturated rings. The van der Waals surface area contributed by atoms with Crippen molar-refractivity contribution in [2.45, 2.75) is 42.4 Å². The number of hydrogen-bond donors (Lipinski definition) is 1. The molecule has 0 atom stereocenters. The molecule has 6 heteroatoms. The minimum atomic E-state index is -3.42. The summed E-state index contributed by atoms with van der Waals surface area (Å²) in [6.45, 7) is 0.520. The molecular formula is C15H21NO4S. The number of fused-ring (bicyclic) bond motifs is 1. The molecule has 21 heavy (non-hydrogen) atoms. The van der Waals surface area contributed by atoms with Crippen LogP contribution in [0.5, 0.6) is 11.5 Å². The van der Waals surface area contributed by atoms with Crippen LogP contribution in [0.15, 0.2) is 17.0 Å². The summed E-state index contributed by atoms with van der Waals surface area (Å²) in [5.41, 5.74) is 6.60. The molecule has 0 radical (unpaired) electrons. The van der Waals surface area contributed by atoms with Crippen molar-refractivity contribution >= 4 is 9.84 Å². The van der Waals surface area contributed by atoms with Gasteiger partial charge in [0.25, 0.3) is 0 Å². The predicted molar refractivity (Wildman–Crippen MR) is 79.5 cm³/mol. The normalized spacial score (nSPS) is 20.5. The summed E-state index contributed by atoms with van der Waals surface area (Å²) in [6, 6.07) is 3.67. The van der Waals surface area contributed by atoms with Crippen LogP contribution in [0.1, 0.15) is 37.7 Å². The summed E-state index contributed by atoms with van der Waals surface area (Å²) < 4.78 is 35.4. The molecule has 0 spiro atoms. The van der Waals surface area contributed by atoms with Crippen molar-refractivity contribution in [2.75, 3.05) is 19.6 Å². The molecule has 0 aromatic heterocycles. The van der Waals surface area contributed by atoms with Crippen molar-refractivity contribution < 1.29 is 17.9 Å². The van der Waals surface area contributed by atoms with Gasteiger partial charge in [0.15, 0.2) is 21.3 Å². The molecular weight excluding hydrogens is 290 g/mol. The van der Waals surface area contributed by atoms with E-state index in [-0.39, 0.29) is 17.1 Å². The molecule has 2 aliphatic rings. The molecule has 0 unspecified atom stereocenters. The second kappa shape index (κ2) is 5.18. The lowest BCUT2D eigenvalue weighted by molar-refractivity contribution is 0.171. The second-order valence-electron chi connectivity index (χ2n) is 5.99. The number of nitrogens with two attached hydrogens (primary N) is 1. The molecule has 0 bridgehead atoms. The standard InChI is InChI=1S/C15H21NO4S/c1-21(17,18)14-11(5-6-12-13(14)20-10-19-12)15(9-16)7-3-2-4-8-15/h5-6H,2-4,7-10,16H2,1H3. The van der Waals surface area contributed by atoms with E-state index < -0.39 is 9.84 Å². The zero-order chi connectivity index (χ0) is 15.1. The molecule has 1 heterocycles. The van der Waals surface area contributed by atoms with Gasteiger partial charge in [-0.1, -0.05) is 25.3 Å². The number of ether oxygens (including phenoxy) is 2. The van der Waals surface area contributed by atoms with Gasteiger partial charge in [0.05, 0.1) is 0 Å². The fourth-order valence-corrected chi connectivity index (χ4v) is 4.72. The maximum absolute atomic E-state index is 12.3. The van der Waals surface area contributed by atoms with Gasteiger partial charge in [-0.15, -0.1) is 0 Å². The van der Waals surface area contributed by atoms with E-state index in [9.17, 15) is 8.42 Å². The highest BCUT2D eigenvalue weighted by Crippen LogP contribution is 2.48. The van der Waals surface area contributed by atoms with E-state index >= 15 is 0 Å². The Balaban J connectivity index is 2.23. The summed E-state index contributed by atoms with van der Waals surface area (Å²) in [5, 5.41) is 0. The van der Waals surface area contributed by atoms with Crippen LogP contribution in [0, 0.1) is 0 Å². The first-order valence-electron chi connectivity index (χ1n) is 7.31. The van der Waals surface area contributed by atoms with Gasteiger partial charge in [-0.25, -0.2) is 8.42 Å². The first-order chi connectivity index (χ1) is 9.98. The first-order valence-corrected chi connectivity index (χ1v) is 9.20. The van der Waals surface area contributed by atoms with Crippen LogP contribution in [0.4, 0.5) is 0 Å². The monoisotopic (exact) mass is 311 g/mol. The van der Waals surface area contributed by atoms with Gasteiger partial charge in [0.1, 0.15) is 4.90 Å². The Labute approximate surface area is 125 Å². The SMILES string of the molecule is CS(=O)(=O)c1c(C2(CN)CCCCC2)ccc2c1OCO2. The Morgan fingerprint density at radius 2 is 1.90 bits per heavy atom. The lowest BCUT2D eigenvalue weighted by atomic mass is 9.69. The minimum absolute atomic E-state index is 0.0664. The van der Waals surface area contributed by atoms with Gasteiger partial charge in [0, 0.05) is 18.2 Å². The van der Waals surface area contributed by atoms with E-state index in [0.29, 0.717) is 18.0 Å². The van der Waals surface area contributed by atoms with E-state index in [2.05, 4.69) is 0 Å². The maximum atomic E-state index is 12.3. The predicted octanol–water partition coefficient (Wildman–Crippen LogP) is 1.98. The van der Waals surface area contributed by atoms with Crippen LogP contribution in [-0.4, -0.2) is 28.0 Å². The molecule has 5 nitrogen and oxygen atoms in total. The minimum Gasteiger partial charge on any atom is -0.454 e. The first kappa shape index (κ1) is 14.7. The van der Waals surface area contributed by atoms with Crippen molar-refractivity contribution in [3.63, 3.8) is 0 Å². The highest BCUT2D eigenvalue weighted by molar-refractivity contribution is 7.90. The third kappa shape index (κ3) is 2.40. The van der Waals surface area contributed by atoms with Gasteiger partial charge < -0.3 is 15.2 Å². The topological polar surface area (TPSA) is 78.6 Å². The van der Waals surface area contributed by atoms with Gasteiger partial charge in [-0.05, 0) is 24.5 Å². The van der Waals surface area contributed by atoms with E-state index in [0.717, 1.165) is 31.2 Å². The largest absolute Gasteiger partial charge is 0.454 e. The number of benzene rings is 1. The molecule has 0 amide bonds. The molecule has 2 N–H and O–H groups in total. The molecule has 1 aromatic rings. The molecule has 1 aliphatic heterocycles. The quantitative estimate of drug-likeness (QED) is 0.923. The van der Waals surface area contributed by atoms with E-state index in [1.54, 1.807) is 6.07 Å². The van der Waals surface area contributed by atoms with E-state index in [4.69, 9.17) is 15.2 Å². The number of sulfone groups is 1. The van der Waals surface area contributed by atoms with Crippen molar-refractivity contribution in [3.8, 4) is 11.5 Å². The number of rotatable bonds is 3. The molecule has 1 aromatic carbocycles. The summed E-state index contributed by atoms with van der Waals surface area (Å²) in [4.78, 5) is 0.268. The van der Waals surface area contributed by atoms with Crippen LogP contribution in [-0.2, 0) is 15.3 Å². The van der Waals surface area contributed by atoms with E-state index in [1.807, 2.05) is 6.07 Å². The molecule has 0 saturated heterocycles. The van der Waals surface area contributed by atoms with E-state index in [1.165, 1.54) is 12.7 Å². The molecule has 1 aliphatic carbocycles. The average molecular weight is 311 g/mol. The van der Waals surface area contributed by atoms with Crippen LogP contribution in [0.25, 0.3) is 0 Å². The Morgan fingerprint density at radius 3 is 2.52 bits per heavy atom. The Morgan fingerprint density at radius 1 is 1.19 bits per heavy atom. The zero-order valence-electron chi connectivity index (χ0n) is 12.2.